The molecule has 1 heterocycles. The summed E-state index contributed by atoms with van der Waals surface area (Å²) in [5.41, 5.74) is 4.87. The molecule has 0 bridgehead atoms. The van der Waals surface area contributed by atoms with Gasteiger partial charge in [-0.2, -0.15) is 5.10 Å². The lowest BCUT2D eigenvalue weighted by atomic mass is 10.1. The summed E-state index contributed by atoms with van der Waals surface area (Å²) in [4.78, 5) is 0. The van der Waals surface area contributed by atoms with Crippen LogP contribution in [0.4, 0.5) is 0 Å². The minimum absolute atomic E-state index is 0.283. The van der Waals surface area contributed by atoms with Crippen LogP contribution in [0.15, 0.2) is 24.3 Å². The van der Waals surface area contributed by atoms with Crippen molar-refractivity contribution in [1.82, 2.24) is 15.1 Å². The topological polar surface area (TPSA) is 39.1 Å². The predicted molar refractivity (Wildman–Crippen MR) is 85.5 cm³/mol. The Kier molecular flexibility index (Phi) is 5.02. The maximum absolute atomic E-state index is 5.46. The Labute approximate surface area is 127 Å². The largest absolute Gasteiger partial charge is 0.494 e. The summed E-state index contributed by atoms with van der Waals surface area (Å²) >= 11 is 0. The summed E-state index contributed by atoms with van der Waals surface area (Å²) in [7, 11) is 1.99. The first-order valence-electron chi connectivity index (χ1n) is 7.48. The maximum Gasteiger partial charge on any atom is 0.119 e. The van der Waals surface area contributed by atoms with Crippen molar-refractivity contribution in [1.29, 1.82) is 0 Å². The average molecular weight is 287 g/mol. The van der Waals surface area contributed by atoms with E-state index in [1.54, 1.807) is 0 Å². The van der Waals surface area contributed by atoms with Gasteiger partial charge in [0.2, 0.25) is 0 Å². The van der Waals surface area contributed by atoms with Crippen molar-refractivity contribution in [2.75, 3.05) is 6.61 Å². The van der Waals surface area contributed by atoms with Gasteiger partial charge in [-0.15, -0.1) is 0 Å². The van der Waals surface area contributed by atoms with E-state index in [2.05, 4.69) is 43.3 Å². The Balaban J connectivity index is 1.99. The zero-order chi connectivity index (χ0) is 15.4. The first-order chi connectivity index (χ1) is 10.0. The van der Waals surface area contributed by atoms with E-state index in [0.717, 1.165) is 18.0 Å². The van der Waals surface area contributed by atoms with Gasteiger partial charge in [0.05, 0.1) is 12.3 Å². The van der Waals surface area contributed by atoms with E-state index in [1.165, 1.54) is 16.8 Å². The van der Waals surface area contributed by atoms with Gasteiger partial charge in [0.15, 0.2) is 0 Å². The van der Waals surface area contributed by atoms with E-state index in [9.17, 15) is 0 Å². The van der Waals surface area contributed by atoms with Crippen molar-refractivity contribution >= 4 is 0 Å². The Hall–Kier alpha value is -1.81. The van der Waals surface area contributed by atoms with Gasteiger partial charge in [-0.3, -0.25) is 4.68 Å². The fourth-order valence-electron chi connectivity index (χ4n) is 2.66. The third kappa shape index (κ3) is 3.64. The molecule has 1 aromatic carbocycles. The lowest BCUT2D eigenvalue weighted by Crippen LogP contribution is -2.19. The second-order valence-corrected chi connectivity index (χ2v) is 5.39. The van der Waals surface area contributed by atoms with Gasteiger partial charge in [0, 0.05) is 30.9 Å². The van der Waals surface area contributed by atoms with Gasteiger partial charge in [-0.05, 0) is 45.4 Å². The molecule has 0 amide bonds. The highest BCUT2D eigenvalue weighted by molar-refractivity contribution is 5.29. The van der Waals surface area contributed by atoms with Crippen LogP contribution in [0, 0.1) is 13.8 Å². The molecule has 114 valence electrons. The van der Waals surface area contributed by atoms with Crippen molar-refractivity contribution in [3.8, 4) is 5.75 Å². The van der Waals surface area contributed by atoms with E-state index >= 15 is 0 Å². The maximum atomic E-state index is 5.46. The van der Waals surface area contributed by atoms with Gasteiger partial charge in [0.25, 0.3) is 0 Å². The van der Waals surface area contributed by atoms with Crippen molar-refractivity contribution < 1.29 is 4.74 Å². The molecule has 0 radical (unpaired) electrons. The monoisotopic (exact) mass is 287 g/mol. The van der Waals surface area contributed by atoms with Crippen molar-refractivity contribution in [3.63, 3.8) is 0 Å². The molecule has 1 aromatic heterocycles. The number of hydrogen-bond acceptors (Lipinski definition) is 3. The molecule has 2 rings (SSSR count). The van der Waals surface area contributed by atoms with Crippen LogP contribution < -0.4 is 10.1 Å². The van der Waals surface area contributed by atoms with E-state index < -0.39 is 0 Å². The number of aryl methyl sites for hydroxylation is 2. The van der Waals surface area contributed by atoms with E-state index in [1.807, 2.05) is 30.8 Å². The van der Waals surface area contributed by atoms with E-state index in [4.69, 9.17) is 4.74 Å². The molecular formula is C17H25N3O. The van der Waals surface area contributed by atoms with Crippen LogP contribution >= 0.6 is 0 Å². The molecule has 1 N–H and O–H groups in total. The van der Waals surface area contributed by atoms with E-state index in [-0.39, 0.29) is 6.04 Å². The molecule has 0 saturated heterocycles. The smallest absolute Gasteiger partial charge is 0.119 e. The summed E-state index contributed by atoms with van der Waals surface area (Å²) in [5.74, 6) is 0.924. The molecule has 1 atom stereocenters. The van der Waals surface area contributed by atoms with E-state index in [0.29, 0.717) is 6.61 Å². The highest BCUT2D eigenvalue weighted by Crippen LogP contribution is 2.21. The number of benzene rings is 1. The second-order valence-electron chi connectivity index (χ2n) is 5.39. The summed E-state index contributed by atoms with van der Waals surface area (Å²) in [6, 6.07) is 8.53. The lowest BCUT2D eigenvalue weighted by Gasteiger charge is -2.15. The Morgan fingerprint density at radius 1 is 1.24 bits per heavy atom. The fourth-order valence-corrected chi connectivity index (χ4v) is 2.66. The third-order valence-corrected chi connectivity index (χ3v) is 3.84. The number of rotatable bonds is 6. The molecule has 0 spiro atoms. The summed E-state index contributed by atoms with van der Waals surface area (Å²) in [6.07, 6.45) is 0. The van der Waals surface area contributed by atoms with Crippen LogP contribution in [0.1, 0.15) is 42.4 Å². The van der Waals surface area contributed by atoms with Gasteiger partial charge >= 0.3 is 0 Å². The number of nitrogens with zero attached hydrogens (tertiary/aromatic N) is 2. The molecule has 0 saturated carbocycles. The fraction of sp³-hybridized carbons (Fsp3) is 0.471. The average Bonchev–Trinajstić information content (AvgIpc) is 2.71. The van der Waals surface area contributed by atoms with Crippen molar-refractivity contribution in [2.45, 2.75) is 40.3 Å². The normalized spacial score (nSPS) is 12.4. The second kappa shape index (κ2) is 6.76. The van der Waals surface area contributed by atoms with Crippen molar-refractivity contribution in [2.24, 2.45) is 7.05 Å². The van der Waals surface area contributed by atoms with Gasteiger partial charge < -0.3 is 10.1 Å². The van der Waals surface area contributed by atoms with Crippen LogP contribution in [-0.4, -0.2) is 16.4 Å². The zero-order valence-electron chi connectivity index (χ0n) is 13.6. The van der Waals surface area contributed by atoms with Gasteiger partial charge in [-0.25, -0.2) is 0 Å². The third-order valence-electron chi connectivity index (χ3n) is 3.84. The minimum atomic E-state index is 0.283. The molecule has 0 aliphatic carbocycles. The summed E-state index contributed by atoms with van der Waals surface area (Å²) in [5, 5.41) is 8.05. The Morgan fingerprint density at radius 2 is 1.90 bits per heavy atom. The molecule has 21 heavy (non-hydrogen) atoms. The molecule has 0 aliphatic rings. The first kappa shape index (κ1) is 15.6. The summed E-state index contributed by atoms with van der Waals surface area (Å²) < 4.78 is 7.40. The quantitative estimate of drug-likeness (QED) is 0.886. The molecule has 4 heteroatoms. The van der Waals surface area contributed by atoms with Crippen LogP contribution in [0.2, 0.25) is 0 Å². The standard InChI is InChI=1S/C17H25N3O/c1-6-21-16-9-7-15(8-10-16)11-18-12(2)17-13(3)19-20(5)14(17)4/h7-10,12,18H,6,11H2,1-5H3/t12-/m1/s1. The molecule has 0 fully saturated rings. The zero-order valence-corrected chi connectivity index (χ0v) is 13.6. The van der Waals surface area contributed by atoms with Crippen LogP contribution in [0.25, 0.3) is 0 Å². The lowest BCUT2D eigenvalue weighted by molar-refractivity contribution is 0.340. The van der Waals surface area contributed by atoms with Gasteiger partial charge in [0.1, 0.15) is 5.75 Å². The number of nitrogens with one attached hydrogen (secondary N) is 1. The number of hydrogen-bond donors (Lipinski definition) is 1. The Bertz CT molecular complexity index is 587. The van der Waals surface area contributed by atoms with Crippen LogP contribution in [0.3, 0.4) is 0 Å². The number of aromatic nitrogens is 2. The predicted octanol–water partition coefficient (Wildman–Crippen LogP) is 3.29. The molecule has 0 aliphatic heterocycles. The molecule has 4 nitrogen and oxygen atoms in total. The SMILES string of the molecule is CCOc1ccc(CN[C@H](C)c2c(C)nn(C)c2C)cc1. The molecule has 0 unspecified atom stereocenters. The minimum Gasteiger partial charge on any atom is -0.494 e. The molecule has 2 aromatic rings. The number of ether oxygens (including phenoxy) is 1. The molecular weight excluding hydrogens is 262 g/mol. The van der Waals surface area contributed by atoms with Gasteiger partial charge in [-0.1, -0.05) is 12.1 Å². The summed E-state index contributed by atoms with van der Waals surface area (Å²) in [6.45, 7) is 9.90. The van der Waals surface area contributed by atoms with Crippen molar-refractivity contribution in [3.05, 3.63) is 46.8 Å². The Morgan fingerprint density at radius 3 is 2.43 bits per heavy atom. The first-order valence-corrected chi connectivity index (χ1v) is 7.48. The van der Waals surface area contributed by atoms with Crippen LogP contribution in [0.5, 0.6) is 5.75 Å². The van der Waals surface area contributed by atoms with Crippen LogP contribution in [-0.2, 0) is 13.6 Å². The highest BCUT2D eigenvalue weighted by atomic mass is 16.5. The highest BCUT2D eigenvalue weighted by Gasteiger charge is 2.15.